The van der Waals surface area contributed by atoms with Crippen LogP contribution in [0.4, 0.5) is 0 Å². The molecule has 19 heavy (non-hydrogen) atoms. The van der Waals surface area contributed by atoms with Gasteiger partial charge < -0.3 is 10.1 Å². The second kappa shape index (κ2) is 7.41. The topological polar surface area (TPSA) is 21.3 Å². The molecule has 3 atom stereocenters. The standard InChI is InChI=1S/C16H24BrNO/c1-12(11-13-7-9-14(17)10-8-13)18-15-5-3-4-6-16(15)19-2/h7-10,12,15-16,18H,3-6,11H2,1-2H3. The summed E-state index contributed by atoms with van der Waals surface area (Å²) < 4.78 is 6.74. The summed E-state index contributed by atoms with van der Waals surface area (Å²) in [5.41, 5.74) is 1.38. The summed E-state index contributed by atoms with van der Waals surface area (Å²) in [6, 6.07) is 9.61. The smallest absolute Gasteiger partial charge is 0.0724 e. The molecule has 2 rings (SSSR count). The second-order valence-electron chi connectivity index (χ2n) is 5.56. The van der Waals surface area contributed by atoms with Gasteiger partial charge in [0.2, 0.25) is 0 Å². The number of halogens is 1. The predicted molar refractivity (Wildman–Crippen MR) is 83.5 cm³/mol. The van der Waals surface area contributed by atoms with Crippen molar-refractivity contribution in [1.82, 2.24) is 5.32 Å². The summed E-state index contributed by atoms with van der Waals surface area (Å²) in [7, 11) is 1.84. The van der Waals surface area contributed by atoms with Crippen LogP contribution in [-0.4, -0.2) is 25.3 Å². The Hall–Kier alpha value is -0.380. The van der Waals surface area contributed by atoms with Crippen molar-refractivity contribution in [2.45, 2.75) is 57.2 Å². The van der Waals surface area contributed by atoms with Crippen molar-refractivity contribution in [3.05, 3.63) is 34.3 Å². The first-order chi connectivity index (χ1) is 9.19. The Morgan fingerprint density at radius 2 is 1.95 bits per heavy atom. The van der Waals surface area contributed by atoms with Crippen molar-refractivity contribution in [3.63, 3.8) is 0 Å². The van der Waals surface area contributed by atoms with Crippen molar-refractivity contribution in [2.75, 3.05) is 7.11 Å². The molecule has 2 nitrogen and oxygen atoms in total. The van der Waals surface area contributed by atoms with Crippen LogP contribution in [0.2, 0.25) is 0 Å². The number of nitrogens with one attached hydrogen (secondary N) is 1. The lowest BCUT2D eigenvalue weighted by Crippen LogP contribution is -2.47. The van der Waals surface area contributed by atoms with Gasteiger partial charge in [-0.2, -0.15) is 0 Å². The molecular formula is C16H24BrNO. The van der Waals surface area contributed by atoms with Gasteiger partial charge in [0.15, 0.2) is 0 Å². The molecule has 0 aliphatic heterocycles. The van der Waals surface area contributed by atoms with Crippen molar-refractivity contribution < 1.29 is 4.74 Å². The van der Waals surface area contributed by atoms with Gasteiger partial charge >= 0.3 is 0 Å². The van der Waals surface area contributed by atoms with E-state index in [2.05, 4.69) is 52.4 Å². The minimum atomic E-state index is 0.390. The van der Waals surface area contributed by atoms with E-state index in [0.29, 0.717) is 18.2 Å². The van der Waals surface area contributed by atoms with Crippen LogP contribution in [0.3, 0.4) is 0 Å². The molecule has 1 fully saturated rings. The minimum absolute atomic E-state index is 0.390. The maximum atomic E-state index is 5.60. The van der Waals surface area contributed by atoms with Gasteiger partial charge in [-0.3, -0.25) is 0 Å². The molecule has 3 unspecified atom stereocenters. The second-order valence-corrected chi connectivity index (χ2v) is 6.48. The van der Waals surface area contributed by atoms with E-state index >= 15 is 0 Å². The molecule has 1 aliphatic carbocycles. The van der Waals surface area contributed by atoms with Gasteiger partial charge in [0.05, 0.1) is 6.10 Å². The first-order valence-electron chi connectivity index (χ1n) is 7.22. The van der Waals surface area contributed by atoms with Gasteiger partial charge in [-0.05, 0) is 43.9 Å². The van der Waals surface area contributed by atoms with Gasteiger partial charge in [0, 0.05) is 23.7 Å². The molecule has 0 aromatic heterocycles. The van der Waals surface area contributed by atoms with Gasteiger partial charge in [-0.25, -0.2) is 0 Å². The number of ether oxygens (including phenoxy) is 1. The third kappa shape index (κ3) is 4.59. The molecule has 0 amide bonds. The Kier molecular flexibility index (Phi) is 5.86. The first-order valence-corrected chi connectivity index (χ1v) is 8.01. The number of hydrogen-bond acceptors (Lipinski definition) is 2. The van der Waals surface area contributed by atoms with Crippen molar-refractivity contribution in [3.8, 4) is 0 Å². The zero-order valence-electron chi connectivity index (χ0n) is 11.9. The Balaban J connectivity index is 1.86. The van der Waals surface area contributed by atoms with E-state index in [1.165, 1.54) is 31.2 Å². The lowest BCUT2D eigenvalue weighted by Gasteiger charge is -2.33. The lowest BCUT2D eigenvalue weighted by molar-refractivity contribution is 0.0384. The summed E-state index contributed by atoms with van der Waals surface area (Å²) in [5.74, 6) is 0. The van der Waals surface area contributed by atoms with Crippen LogP contribution in [0, 0.1) is 0 Å². The Labute approximate surface area is 125 Å². The van der Waals surface area contributed by atoms with Crippen LogP contribution in [0.5, 0.6) is 0 Å². The SMILES string of the molecule is COC1CCCCC1NC(C)Cc1ccc(Br)cc1. The summed E-state index contributed by atoms with van der Waals surface area (Å²) in [6.07, 6.45) is 6.52. The van der Waals surface area contributed by atoms with E-state index in [0.717, 1.165) is 10.9 Å². The van der Waals surface area contributed by atoms with Crippen LogP contribution in [0.15, 0.2) is 28.7 Å². The lowest BCUT2D eigenvalue weighted by atomic mass is 9.91. The monoisotopic (exact) mass is 325 g/mol. The third-order valence-corrected chi connectivity index (χ3v) is 4.49. The van der Waals surface area contributed by atoms with E-state index in [1.54, 1.807) is 0 Å². The van der Waals surface area contributed by atoms with Crippen LogP contribution in [0.25, 0.3) is 0 Å². The van der Waals surface area contributed by atoms with Gasteiger partial charge in [-0.1, -0.05) is 40.9 Å². The maximum Gasteiger partial charge on any atom is 0.0724 e. The number of rotatable bonds is 5. The third-order valence-electron chi connectivity index (χ3n) is 3.96. The van der Waals surface area contributed by atoms with Crippen LogP contribution in [0.1, 0.15) is 38.2 Å². The molecule has 0 spiro atoms. The first kappa shape index (κ1) is 15.0. The Morgan fingerprint density at radius 3 is 2.63 bits per heavy atom. The largest absolute Gasteiger partial charge is 0.380 e. The van der Waals surface area contributed by atoms with Gasteiger partial charge in [-0.15, -0.1) is 0 Å². The predicted octanol–water partition coefficient (Wildman–Crippen LogP) is 3.93. The molecule has 1 aliphatic rings. The van der Waals surface area contributed by atoms with Crippen LogP contribution >= 0.6 is 15.9 Å². The Bertz CT molecular complexity index is 379. The summed E-state index contributed by atoms with van der Waals surface area (Å²) >= 11 is 3.48. The molecule has 1 aromatic carbocycles. The van der Waals surface area contributed by atoms with Crippen molar-refractivity contribution in [1.29, 1.82) is 0 Å². The molecule has 106 valence electrons. The maximum absolute atomic E-state index is 5.60. The summed E-state index contributed by atoms with van der Waals surface area (Å²) in [5, 5.41) is 3.75. The summed E-state index contributed by atoms with van der Waals surface area (Å²) in [6.45, 7) is 2.27. The molecule has 1 N–H and O–H groups in total. The highest BCUT2D eigenvalue weighted by molar-refractivity contribution is 9.10. The molecule has 1 aromatic rings. The van der Waals surface area contributed by atoms with Crippen molar-refractivity contribution in [2.24, 2.45) is 0 Å². The van der Waals surface area contributed by atoms with Crippen LogP contribution < -0.4 is 5.32 Å². The van der Waals surface area contributed by atoms with Gasteiger partial charge in [0.1, 0.15) is 0 Å². The molecular weight excluding hydrogens is 302 g/mol. The highest BCUT2D eigenvalue weighted by Gasteiger charge is 2.25. The molecule has 0 saturated heterocycles. The number of hydrogen-bond donors (Lipinski definition) is 1. The average molecular weight is 326 g/mol. The minimum Gasteiger partial charge on any atom is -0.380 e. The van der Waals surface area contributed by atoms with E-state index in [4.69, 9.17) is 4.74 Å². The van der Waals surface area contributed by atoms with E-state index in [-0.39, 0.29) is 0 Å². The fourth-order valence-corrected chi connectivity index (χ4v) is 3.23. The van der Waals surface area contributed by atoms with E-state index in [9.17, 15) is 0 Å². The highest BCUT2D eigenvalue weighted by atomic mass is 79.9. The zero-order chi connectivity index (χ0) is 13.7. The molecule has 0 radical (unpaired) electrons. The fraction of sp³-hybridized carbons (Fsp3) is 0.625. The van der Waals surface area contributed by atoms with E-state index < -0.39 is 0 Å². The van der Waals surface area contributed by atoms with E-state index in [1.807, 2.05) is 7.11 Å². The number of benzene rings is 1. The Morgan fingerprint density at radius 1 is 1.26 bits per heavy atom. The highest BCUT2D eigenvalue weighted by Crippen LogP contribution is 2.21. The molecule has 0 heterocycles. The van der Waals surface area contributed by atoms with Crippen molar-refractivity contribution >= 4 is 15.9 Å². The molecule has 0 bridgehead atoms. The quantitative estimate of drug-likeness (QED) is 0.885. The normalized spacial score (nSPS) is 25.2. The molecule has 3 heteroatoms. The zero-order valence-corrected chi connectivity index (χ0v) is 13.4. The number of methoxy groups -OCH3 is 1. The van der Waals surface area contributed by atoms with Crippen LogP contribution in [-0.2, 0) is 11.2 Å². The average Bonchev–Trinajstić information content (AvgIpc) is 2.42. The van der Waals surface area contributed by atoms with Gasteiger partial charge in [0.25, 0.3) is 0 Å². The fourth-order valence-electron chi connectivity index (χ4n) is 2.97. The molecule has 1 saturated carbocycles. The summed E-state index contributed by atoms with van der Waals surface area (Å²) in [4.78, 5) is 0.